The first kappa shape index (κ1) is 12.1. The minimum absolute atomic E-state index is 0.0705. The molecule has 4 nitrogen and oxygen atoms in total. The van der Waals surface area contributed by atoms with Gasteiger partial charge in [0.25, 0.3) is 0 Å². The van der Waals surface area contributed by atoms with Crippen LogP contribution < -0.4 is 0 Å². The Morgan fingerprint density at radius 2 is 1.92 bits per heavy atom. The smallest absolute Gasteiger partial charge is 0.306 e. The summed E-state index contributed by atoms with van der Waals surface area (Å²) in [5.41, 5.74) is 0. The standard InChI is InChI=1S/C9H16O4/c1-3-6-13-9(11)5-4-8(10)7-12-2/h3-7H2,1-2H3. The summed E-state index contributed by atoms with van der Waals surface area (Å²) in [7, 11) is 1.45. The molecule has 0 unspecified atom stereocenters. The van der Waals surface area contributed by atoms with E-state index in [0.29, 0.717) is 6.61 Å². The third-order valence-electron chi connectivity index (χ3n) is 1.38. The summed E-state index contributed by atoms with van der Waals surface area (Å²) in [5, 5.41) is 0. The van der Waals surface area contributed by atoms with Crippen molar-refractivity contribution in [1.29, 1.82) is 0 Å². The third-order valence-corrected chi connectivity index (χ3v) is 1.38. The molecule has 0 fully saturated rings. The van der Waals surface area contributed by atoms with Crippen molar-refractivity contribution >= 4 is 11.8 Å². The third kappa shape index (κ3) is 7.46. The van der Waals surface area contributed by atoms with Crippen LogP contribution >= 0.6 is 0 Å². The molecule has 0 aromatic carbocycles. The molecule has 0 saturated heterocycles. The summed E-state index contributed by atoms with van der Waals surface area (Å²) in [6.45, 7) is 2.42. The highest BCUT2D eigenvalue weighted by molar-refractivity contribution is 5.83. The lowest BCUT2D eigenvalue weighted by molar-refractivity contribution is -0.145. The quantitative estimate of drug-likeness (QED) is 0.558. The zero-order valence-electron chi connectivity index (χ0n) is 8.17. The van der Waals surface area contributed by atoms with Gasteiger partial charge in [0, 0.05) is 13.5 Å². The van der Waals surface area contributed by atoms with Crippen LogP contribution in [0.1, 0.15) is 26.2 Å². The van der Waals surface area contributed by atoms with Gasteiger partial charge in [0.1, 0.15) is 6.61 Å². The molecule has 0 aromatic rings. The van der Waals surface area contributed by atoms with Crippen LogP contribution in [0.2, 0.25) is 0 Å². The fraction of sp³-hybridized carbons (Fsp3) is 0.778. The van der Waals surface area contributed by atoms with Gasteiger partial charge in [-0.1, -0.05) is 6.92 Å². The van der Waals surface area contributed by atoms with E-state index in [4.69, 9.17) is 4.74 Å². The Morgan fingerprint density at radius 1 is 1.23 bits per heavy atom. The molecule has 0 bridgehead atoms. The van der Waals surface area contributed by atoms with Crippen LogP contribution in [-0.4, -0.2) is 32.1 Å². The number of carbonyl (C=O) groups is 2. The van der Waals surface area contributed by atoms with Gasteiger partial charge in [0.2, 0.25) is 0 Å². The average molecular weight is 188 g/mol. The summed E-state index contributed by atoms with van der Waals surface area (Å²) in [6.07, 6.45) is 1.16. The van der Waals surface area contributed by atoms with Crippen molar-refractivity contribution in [3.05, 3.63) is 0 Å². The number of carbonyl (C=O) groups excluding carboxylic acids is 2. The van der Waals surface area contributed by atoms with Gasteiger partial charge in [-0.05, 0) is 6.42 Å². The zero-order chi connectivity index (χ0) is 10.1. The number of hydrogen-bond acceptors (Lipinski definition) is 4. The maximum atomic E-state index is 10.9. The van der Waals surface area contributed by atoms with E-state index >= 15 is 0 Å². The molecule has 0 amide bonds. The van der Waals surface area contributed by atoms with Gasteiger partial charge in [-0.25, -0.2) is 0 Å². The molecule has 0 aliphatic rings. The minimum atomic E-state index is -0.314. The molecule has 76 valence electrons. The van der Waals surface area contributed by atoms with Gasteiger partial charge >= 0.3 is 5.97 Å². The lowest BCUT2D eigenvalue weighted by atomic mass is 10.2. The molecular formula is C9H16O4. The maximum absolute atomic E-state index is 10.9. The topological polar surface area (TPSA) is 52.6 Å². The Hall–Kier alpha value is -0.900. The van der Waals surface area contributed by atoms with Crippen LogP contribution in [0.15, 0.2) is 0 Å². The highest BCUT2D eigenvalue weighted by Gasteiger charge is 2.06. The molecule has 0 aliphatic carbocycles. The molecule has 4 heteroatoms. The molecule has 0 atom stereocenters. The number of ketones is 1. The molecule has 0 radical (unpaired) electrons. The maximum Gasteiger partial charge on any atom is 0.306 e. The molecule has 0 heterocycles. The monoisotopic (exact) mass is 188 g/mol. The van der Waals surface area contributed by atoms with E-state index in [9.17, 15) is 9.59 Å². The molecule has 13 heavy (non-hydrogen) atoms. The Balaban J connectivity index is 3.40. The van der Waals surface area contributed by atoms with Crippen molar-refractivity contribution in [2.45, 2.75) is 26.2 Å². The van der Waals surface area contributed by atoms with Gasteiger partial charge in [0.15, 0.2) is 5.78 Å². The summed E-state index contributed by atoms with van der Waals surface area (Å²) < 4.78 is 9.40. The van der Waals surface area contributed by atoms with Crippen molar-refractivity contribution < 1.29 is 19.1 Å². The second-order valence-corrected chi connectivity index (χ2v) is 2.69. The van der Waals surface area contributed by atoms with Crippen LogP contribution in [0.3, 0.4) is 0 Å². The van der Waals surface area contributed by atoms with E-state index in [2.05, 4.69) is 4.74 Å². The normalized spacial score (nSPS) is 9.69. The van der Waals surface area contributed by atoms with Crippen LogP contribution in [0.5, 0.6) is 0 Å². The SMILES string of the molecule is CCCOC(=O)CCC(=O)COC. The van der Waals surface area contributed by atoms with Crippen LogP contribution in [0.4, 0.5) is 0 Å². The van der Waals surface area contributed by atoms with Crippen molar-refractivity contribution in [1.82, 2.24) is 0 Å². The average Bonchev–Trinajstić information content (AvgIpc) is 2.12. The molecule has 0 rings (SSSR count). The Labute approximate surface area is 78.2 Å². The minimum Gasteiger partial charge on any atom is -0.466 e. The number of Topliss-reactive ketones (excluding diaryl/α,β-unsaturated/α-hetero) is 1. The van der Waals surface area contributed by atoms with Crippen LogP contribution in [-0.2, 0) is 19.1 Å². The summed E-state index contributed by atoms with van der Waals surface area (Å²) in [4.78, 5) is 21.8. The predicted molar refractivity (Wildman–Crippen MR) is 47.4 cm³/mol. The molecule has 0 aliphatic heterocycles. The van der Waals surface area contributed by atoms with Crippen molar-refractivity contribution in [2.75, 3.05) is 20.3 Å². The number of methoxy groups -OCH3 is 1. The summed E-state index contributed by atoms with van der Waals surface area (Å²) in [6, 6.07) is 0. The van der Waals surface area contributed by atoms with Gasteiger partial charge in [-0.15, -0.1) is 0 Å². The lowest BCUT2D eigenvalue weighted by Gasteiger charge is -2.01. The fourth-order valence-electron chi connectivity index (χ4n) is 0.763. The van der Waals surface area contributed by atoms with Gasteiger partial charge in [-0.2, -0.15) is 0 Å². The molecule has 0 N–H and O–H groups in total. The van der Waals surface area contributed by atoms with E-state index in [0.717, 1.165) is 6.42 Å². The zero-order valence-corrected chi connectivity index (χ0v) is 8.17. The van der Waals surface area contributed by atoms with Gasteiger partial charge in [0.05, 0.1) is 13.0 Å². The van der Waals surface area contributed by atoms with Crippen LogP contribution in [0, 0.1) is 0 Å². The van der Waals surface area contributed by atoms with E-state index in [1.165, 1.54) is 7.11 Å². The van der Waals surface area contributed by atoms with Crippen molar-refractivity contribution in [3.63, 3.8) is 0 Å². The Morgan fingerprint density at radius 3 is 2.46 bits per heavy atom. The first-order valence-corrected chi connectivity index (χ1v) is 4.37. The van der Waals surface area contributed by atoms with Crippen molar-refractivity contribution in [3.8, 4) is 0 Å². The number of hydrogen-bond donors (Lipinski definition) is 0. The second-order valence-electron chi connectivity index (χ2n) is 2.69. The van der Waals surface area contributed by atoms with E-state index in [-0.39, 0.29) is 31.2 Å². The molecular weight excluding hydrogens is 172 g/mol. The molecule has 0 aromatic heterocycles. The summed E-state index contributed by atoms with van der Waals surface area (Å²) >= 11 is 0. The number of rotatable bonds is 7. The lowest BCUT2D eigenvalue weighted by Crippen LogP contribution is -2.11. The van der Waals surface area contributed by atoms with Gasteiger partial charge < -0.3 is 9.47 Å². The molecule has 0 spiro atoms. The fourth-order valence-corrected chi connectivity index (χ4v) is 0.763. The van der Waals surface area contributed by atoms with Crippen LogP contribution in [0.25, 0.3) is 0 Å². The summed E-state index contributed by atoms with van der Waals surface area (Å²) in [5.74, 6) is -0.387. The molecule has 0 saturated carbocycles. The first-order chi connectivity index (χ1) is 6.20. The predicted octanol–water partition coefficient (Wildman–Crippen LogP) is 0.935. The second kappa shape index (κ2) is 7.73. The number of esters is 1. The van der Waals surface area contributed by atoms with Gasteiger partial charge in [-0.3, -0.25) is 9.59 Å². The Kier molecular flexibility index (Phi) is 7.20. The first-order valence-electron chi connectivity index (χ1n) is 4.37. The van der Waals surface area contributed by atoms with E-state index < -0.39 is 0 Å². The Bertz CT molecular complexity index is 165. The highest BCUT2D eigenvalue weighted by atomic mass is 16.5. The number of ether oxygens (including phenoxy) is 2. The van der Waals surface area contributed by atoms with E-state index in [1.807, 2.05) is 6.92 Å². The van der Waals surface area contributed by atoms with E-state index in [1.54, 1.807) is 0 Å². The van der Waals surface area contributed by atoms with Crippen molar-refractivity contribution in [2.24, 2.45) is 0 Å². The highest BCUT2D eigenvalue weighted by Crippen LogP contribution is 1.95. The largest absolute Gasteiger partial charge is 0.466 e.